The molecule has 0 saturated heterocycles. The molecule has 0 spiro atoms. The number of carboxylic acids is 1. The third-order valence-electron chi connectivity index (χ3n) is 2.84. The number of hydrogen-bond acceptors (Lipinski definition) is 3. The second kappa shape index (κ2) is 3.69. The van der Waals surface area contributed by atoms with Gasteiger partial charge in [0.15, 0.2) is 5.69 Å². The largest absolute Gasteiger partial charge is 0.476 e. The molecule has 1 fully saturated rings. The quantitative estimate of drug-likeness (QED) is 0.873. The van der Waals surface area contributed by atoms with E-state index in [1.807, 2.05) is 30.3 Å². The second-order valence-corrected chi connectivity index (χ2v) is 4.13. The maximum atomic E-state index is 11.1. The van der Waals surface area contributed by atoms with Crippen molar-refractivity contribution < 1.29 is 9.90 Å². The average Bonchev–Trinajstić information content (AvgIpc) is 3.08. The number of aromatic nitrogens is 3. The van der Waals surface area contributed by atoms with Crippen molar-refractivity contribution in [1.82, 2.24) is 15.0 Å². The summed E-state index contributed by atoms with van der Waals surface area (Å²) in [5, 5.41) is 16.9. The van der Waals surface area contributed by atoms with Gasteiger partial charge in [0, 0.05) is 5.56 Å². The highest BCUT2D eigenvalue weighted by molar-refractivity contribution is 5.92. The van der Waals surface area contributed by atoms with Crippen molar-refractivity contribution in [2.45, 2.75) is 18.9 Å². The van der Waals surface area contributed by atoms with Crippen molar-refractivity contribution in [3.8, 4) is 11.3 Å². The third-order valence-corrected chi connectivity index (χ3v) is 2.84. The molecule has 5 nitrogen and oxygen atoms in total. The molecule has 17 heavy (non-hydrogen) atoms. The monoisotopic (exact) mass is 229 g/mol. The molecule has 1 aromatic carbocycles. The molecule has 1 saturated carbocycles. The Morgan fingerprint density at radius 1 is 1.29 bits per heavy atom. The zero-order valence-corrected chi connectivity index (χ0v) is 9.08. The molecule has 1 aliphatic rings. The predicted octanol–water partition coefficient (Wildman–Crippen LogP) is 1.98. The van der Waals surface area contributed by atoms with Crippen molar-refractivity contribution >= 4 is 5.97 Å². The van der Waals surface area contributed by atoms with Crippen LogP contribution in [0.2, 0.25) is 0 Å². The molecule has 0 amide bonds. The predicted molar refractivity (Wildman–Crippen MR) is 60.7 cm³/mol. The first kappa shape index (κ1) is 10.0. The van der Waals surface area contributed by atoms with Crippen molar-refractivity contribution in [3.63, 3.8) is 0 Å². The van der Waals surface area contributed by atoms with Crippen LogP contribution in [-0.4, -0.2) is 26.1 Å². The Balaban J connectivity index is 2.18. The second-order valence-electron chi connectivity index (χ2n) is 4.13. The Kier molecular flexibility index (Phi) is 2.18. The number of nitrogens with zero attached hydrogens (tertiary/aromatic N) is 3. The lowest BCUT2D eigenvalue weighted by molar-refractivity contribution is 0.0691. The lowest BCUT2D eigenvalue weighted by Gasteiger charge is -2.05. The summed E-state index contributed by atoms with van der Waals surface area (Å²) in [6, 6.07) is 9.73. The molecule has 1 aromatic heterocycles. The van der Waals surface area contributed by atoms with Gasteiger partial charge in [-0.2, -0.15) is 0 Å². The Labute approximate surface area is 97.7 Å². The maximum absolute atomic E-state index is 11.1. The summed E-state index contributed by atoms with van der Waals surface area (Å²) >= 11 is 0. The number of rotatable bonds is 3. The van der Waals surface area contributed by atoms with Gasteiger partial charge in [-0.25, -0.2) is 9.48 Å². The molecule has 0 aliphatic heterocycles. The zero-order chi connectivity index (χ0) is 11.8. The SMILES string of the molecule is O=C(O)c1nnn(C2CC2)c1-c1ccccc1. The third kappa shape index (κ3) is 1.69. The molecule has 1 N–H and O–H groups in total. The maximum Gasteiger partial charge on any atom is 0.358 e. The summed E-state index contributed by atoms with van der Waals surface area (Å²) in [6.45, 7) is 0. The Hall–Kier alpha value is -2.17. The molecule has 1 aliphatic carbocycles. The topological polar surface area (TPSA) is 68.0 Å². The van der Waals surface area contributed by atoms with E-state index in [0.717, 1.165) is 18.4 Å². The van der Waals surface area contributed by atoms with Crippen molar-refractivity contribution in [2.75, 3.05) is 0 Å². The fraction of sp³-hybridized carbons (Fsp3) is 0.250. The Morgan fingerprint density at radius 2 is 2.00 bits per heavy atom. The van der Waals surface area contributed by atoms with Crippen LogP contribution in [0.3, 0.4) is 0 Å². The summed E-state index contributed by atoms with van der Waals surface area (Å²) < 4.78 is 1.73. The van der Waals surface area contributed by atoms with E-state index in [-0.39, 0.29) is 5.69 Å². The summed E-state index contributed by atoms with van der Waals surface area (Å²) in [6.07, 6.45) is 2.09. The summed E-state index contributed by atoms with van der Waals surface area (Å²) in [4.78, 5) is 11.1. The van der Waals surface area contributed by atoms with Crippen LogP contribution in [0.1, 0.15) is 29.4 Å². The van der Waals surface area contributed by atoms with Gasteiger partial charge in [0.05, 0.1) is 6.04 Å². The van der Waals surface area contributed by atoms with Gasteiger partial charge in [0.2, 0.25) is 0 Å². The molecule has 1 heterocycles. The van der Waals surface area contributed by atoms with Gasteiger partial charge in [-0.15, -0.1) is 5.10 Å². The van der Waals surface area contributed by atoms with Gasteiger partial charge in [-0.1, -0.05) is 35.5 Å². The standard InChI is InChI=1S/C12H11N3O2/c16-12(17)10-11(8-4-2-1-3-5-8)15(14-13-10)9-6-7-9/h1-5,9H,6-7H2,(H,16,17). The molecule has 0 bridgehead atoms. The van der Waals surface area contributed by atoms with Crippen LogP contribution in [0.5, 0.6) is 0 Å². The van der Waals surface area contributed by atoms with Crippen molar-refractivity contribution in [2.24, 2.45) is 0 Å². The van der Waals surface area contributed by atoms with E-state index in [9.17, 15) is 4.79 Å². The Morgan fingerprint density at radius 3 is 2.59 bits per heavy atom. The molecule has 0 unspecified atom stereocenters. The summed E-state index contributed by atoms with van der Waals surface area (Å²) in [5.74, 6) is -1.03. The smallest absolute Gasteiger partial charge is 0.358 e. The fourth-order valence-corrected chi connectivity index (χ4v) is 1.88. The number of carboxylic acid groups (broad SMARTS) is 1. The first-order valence-electron chi connectivity index (χ1n) is 5.51. The number of carbonyl (C=O) groups is 1. The molecule has 3 rings (SSSR count). The van der Waals surface area contributed by atoms with Crippen molar-refractivity contribution in [3.05, 3.63) is 36.0 Å². The van der Waals surface area contributed by atoms with E-state index < -0.39 is 5.97 Å². The van der Waals surface area contributed by atoms with Crippen LogP contribution in [0.25, 0.3) is 11.3 Å². The van der Waals surface area contributed by atoms with E-state index in [4.69, 9.17) is 5.11 Å². The van der Waals surface area contributed by atoms with Crippen LogP contribution in [0.15, 0.2) is 30.3 Å². The van der Waals surface area contributed by atoms with E-state index in [0.29, 0.717) is 11.7 Å². The molecule has 0 atom stereocenters. The average molecular weight is 229 g/mol. The number of hydrogen-bond donors (Lipinski definition) is 1. The summed E-state index contributed by atoms with van der Waals surface area (Å²) in [7, 11) is 0. The Bertz CT molecular complexity index is 558. The molecular formula is C12H11N3O2. The zero-order valence-electron chi connectivity index (χ0n) is 9.08. The summed E-state index contributed by atoms with van der Waals surface area (Å²) in [5.41, 5.74) is 1.49. The minimum absolute atomic E-state index is 0.0306. The molecule has 0 radical (unpaired) electrons. The normalized spacial score (nSPS) is 14.8. The highest BCUT2D eigenvalue weighted by Gasteiger charge is 2.31. The van der Waals surface area contributed by atoms with Gasteiger partial charge in [0.1, 0.15) is 5.69 Å². The van der Waals surface area contributed by atoms with Crippen LogP contribution >= 0.6 is 0 Å². The van der Waals surface area contributed by atoms with Gasteiger partial charge in [0.25, 0.3) is 0 Å². The minimum atomic E-state index is -1.03. The highest BCUT2D eigenvalue weighted by atomic mass is 16.4. The first-order valence-corrected chi connectivity index (χ1v) is 5.51. The molecular weight excluding hydrogens is 218 g/mol. The fourth-order valence-electron chi connectivity index (χ4n) is 1.88. The molecule has 5 heteroatoms. The number of aromatic carboxylic acids is 1. The van der Waals surface area contributed by atoms with E-state index >= 15 is 0 Å². The van der Waals surface area contributed by atoms with Gasteiger partial charge in [-0.3, -0.25) is 0 Å². The number of benzene rings is 1. The van der Waals surface area contributed by atoms with Gasteiger partial charge >= 0.3 is 5.97 Å². The van der Waals surface area contributed by atoms with Gasteiger partial charge < -0.3 is 5.11 Å². The first-order chi connectivity index (χ1) is 8.27. The van der Waals surface area contributed by atoms with E-state index in [1.165, 1.54) is 0 Å². The lowest BCUT2D eigenvalue weighted by atomic mass is 10.1. The van der Waals surface area contributed by atoms with E-state index in [1.54, 1.807) is 4.68 Å². The van der Waals surface area contributed by atoms with E-state index in [2.05, 4.69) is 10.3 Å². The minimum Gasteiger partial charge on any atom is -0.476 e. The van der Waals surface area contributed by atoms with Crippen molar-refractivity contribution in [1.29, 1.82) is 0 Å². The van der Waals surface area contributed by atoms with Crippen LogP contribution in [-0.2, 0) is 0 Å². The lowest BCUT2D eigenvalue weighted by Crippen LogP contribution is -2.03. The van der Waals surface area contributed by atoms with Crippen LogP contribution in [0, 0.1) is 0 Å². The highest BCUT2D eigenvalue weighted by Crippen LogP contribution is 2.38. The molecule has 86 valence electrons. The molecule has 2 aromatic rings. The van der Waals surface area contributed by atoms with Crippen LogP contribution < -0.4 is 0 Å². The van der Waals surface area contributed by atoms with Crippen LogP contribution in [0.4, 0.5) is 0 Å². The van der Waals surface area contributed by atoms with Gasteiger partial charge in [-0.05, 0) is 12.8 Å².